The number of anilines is 2. The van der Waals surface area contributed by atoms with Gasteiger partial charge in [0.05, 0.1) is 17.5 Å². The van der Waals surface area contributed by atoms with Crippen molar-refractivity contribution < 1.29 is 4.79 Å². The molecule has 230 valence electrons. The second kappa shape index (κ2) is 13.4. The Kier molecular flexibility index (Phi) is 8.78. The molecular weight excluding hydrogens is 578 g/mol. The summed E-state index contributed by atoms with van der Waals surface area (Å²) < 4.78 is 1.54. The quantitative estimate of drug-likeness (QED) is 0.214. The lowest BCUT2D eigenvalue weighted by Crippen LogP contribution is -2.61. The number of nitrogens with zero attached hydrogens (tertiary/aromatic N) is 7. The zero-order chi connectivity index (χ0) is 31.9. The summed E-state index contributed by atoms with van der Waals surface area (Å²) in [5, 5.41) is 16.4. The molecule has 2 N–H and O–H groups in total. The molecule has 11 heteroatoms. The van der Waals surface area contributed by atoms with Crippen LogP contribution in [0.4, 0.5) is 16.4 Å². The summed E-state index contributed by atoms with van der Waals surface area (Å²) in [7, 11) is 1.72. The molecule has 0 unspecified atom stereocenters. The average Bonchev–Trinajstić information content (AvgIpc) is 3.10. The van der Waals surface area contributed by atoms with E-state index in [9.17, 15) is 14.9 Å². The van der Waals surface area contributed by atoms with Gasteiger partial charge < -0.3 is 15.2 Å². The molecule has 0 spiro atoms. The zero-order valence-electron chi connectivity index (χ0n) is 25.4. The number of nitrogens with one attached hydrogen (secondary N) is 2. The Labute approximate surface area is 266 Å². The number of benzene rings is 2. The van der Waals surface area contributed by atoms with Crippen LogP contribution in [0, 0.1) is 11.3 Å². The summed E-state index contributed by atoms with van der Waals surface area (Å²) in [5.41, 5.74) is 3.83. The fraction of sp³-hybridized carbons (Fsp3) is 0.229. The van der Waals surface area contributed by atoms with E-state index in [1.54, 1.807) is 47.2 Å². The second-order valence-corrected chi connectivity index (χ2v) is 11.3. The number of urea groups is 1. The molecule has 2 aromatic carbocycles. The van der Waals surface area contributed by atoms with Crippen LogP contribution in [0.25, 0.3) is 22.4 Å². The Hall–Kier alpha value is -5.89. The number of amides is 2. The molecule has 6 rings (SSSR count). The third kappa shape index (κ3) is 6.46. The van der Waals surface area contributed by atoms with E-state index in [0.717, 1.165) is 36.0 Å². The minimum absolute atomic E-state index is 0.0834. The number of aromatic nitrogens is 5. The van der Waals surface area contributed by atoms with Crippen molar-refractivity contribution in [2.24, 2.45) is 7.05 Å². The number of hydrogen-bond acceptors (Lipinski definition) is 8. The van der Waals surface area contributed by atoms with Crippen LogP contribution in [0.3, 0.4) is 0 Å². The van der Waals surface area contributed by atoms with E-state index in [-0.39, 0.29) is 11.6 Å². The van der Waals surface area contributed by atoms with Gasteiger partial charge in [0, 0.05) is 49.5 Å². The first-order valence-corrected chi connectivity index (χ1v) is 15.2. The van der Waals surface area contributed by atoms with Crippen LogP contribution in [0.15, 0.2) is 103 Å². The summed E-state index contributed by atoms with van der Waals surface area (Å²) in [6.07, 6.45) is 12.0. The number of nitriles is 1. The molecule has 0 radical (unpaired) electrons. The van der Waals surface area contributed by atoms with Crippen molar-refractivity contribution in [1.29, 1.82) is 5.26 Å². The van der Waals surface area contributed by atoms with E-state index in [0.29, 0.717) is 47.8 Å². The van der Waals surface area contributed by atoms with Gasteiger partial charge in [-0.2, -0.15) is 5.26 Å². The van der Waals surface area contributed by atoms with Gasteiger partial charge in [-0.05, 0) is 60.6 Å². The van der Waals surface area contributed by atoms with Crippen LogP contribution >= 0.6 is 0 Å². The highest BCUT2D eigenvalue weighted by molar-refractivity contribution is 5.94. The summed E-state index contributed by atoms with van der Waals surface area (Å²) in [6.45, 7) is 0.355. The molecule has 0 saturated heterocycles. The predicted molar refractivity (Wildman–Crippen MR) is 175 cm³/mol. The maximum Gasteiger partial charge on any atom is 0.324 e. The predicted octanol–water partition coefficient (Wildman–Crippen LogP) is 5.66. The van der Waals surface area contributed by atoms with E-state index < -0.39 is 5.66 Å². The lowest BCUT2D eigenvalue weighted by molar-refractivity contribution is 0.230. The van der Waals surface area contributed by atoms with E-state index in [1.807, 2.05) is 54.6 Å². The summed E-state index contributed by atoms with van der Waals surface area (Å²) in [6, 6.07) is 22.8. The fourth-order valence-corrected chi connectivity index (χ4v) is 5.89. The maximum absolute atomic E-state index is 14.3. The number of carbonyl (C=O) groups is 1. The lowest BCUT2D eigenvalue weighted by atomic mass is 9.87. The third-order valence-corrected chi connectivity index (χ3v) is 8.23. The van der Waals surface area contributed by atoms with Gasteiger partial charge in [0.2, 0.25) is 11.5 Å². The standard InChI is InChI=1S/C35H33N9O2/c1-43-23-27(12-15-31(43)45)26-10-13-30(14-11-26)44(34(46)40-19-25-8-4-2-5-9-25)35(16-6-3-7-17-35)42-33-39-22-28(18-36)32(41-33)29-20-37-24-38-21-29/h2,4-5,8-15,20-24H,3,6-7,16-17,19H2,1H3,(H,40,46)(H,39,41,42). The molecule has 1 fully saturated rings. The number of hydrogen-bond donors (Lipinski definition) is 2. The number of carbonyl (C=O) groups excluding carboxylic acids is 1. The van der Waals surface area contributed by atoms with Crippen LogP contribution in [0.2, 0.25) is 0 Å². The van der Waals surface area contributed by atoms with Crippen molar-refractivity contribution in [2.75, 3.05) is 10.2 Å². The van der Waals surface area contributed by atoms with Crippen molar-refractivity contribution in [2.45, 2.75) is 44.3 Å². The second-order valence-electron chi connectivity index (χ2n) is 11.3. The highest BCUT2D eigenvalue weighted by atomic mass is 16.2. The highest BCUT2D eigenvalue weighted by Gasteiger charge is 2.42. The topological polar surface area (TPSA) is 142 Å². The minimum Gasteiger partial charge on any atom is -0.334 e. The zero-order valence-corrected chi connectivity index (χ0v) is 25.4. The van der Waals surface area contributed by atoms with Gasteiger partial charge >= 0.3 is 6.03 Å². The first kappa shape index (κ1) is 30.1. The smallest absolute Gasteiger partial charge is 0.324 e. The van der Waals surface area contributed by atoms with Gasteiger partial charge in [-0.15, -0.1) is 0 Å². The molecule has 2 amide bonds. The van der Waals surface area contributed by atoms with Crippen molar-refractivity contribution in [1.82, 2.24) is 29.8 Å². The Morgan fingerprint density at radius 1 is 0.935 bits per heavy atom. The lowest BCUT2D eigenvalue weighted by Gasteiger charge is -2.46. The van der Waals surface area contributed by atoms with Gasteiger partial charge in [-0.25, -0.2) is 24.7 Å². The first-order chi connectivity index (χ1) is 22.5. The number of aryl methyl sites for hydroxylation is 1. The van der Waals surface area contributed by atoms with Crippen molar-refractivity contribution >= 4 is 17.7 Å². The number of rotatable bonds is 8. The van der Waals surface area contributed by atoms with Gasteiger partial charge in [0.1, 0.15) is 18.1 Å². The molecule has 11 nitrogen and oxygen atoms in total. The molecule has 3 heterocycles. The molecule has 0 atom stereocenters. The normalized spacial score (nSPS) is 13.7. The van der Waals surface area contributed by atoms with E-state index in [2.05, 4.69) is 31.7 Å². The first-order valence-electron chi connectivity index (χ1n) is 15.2. The van der Waals surface area contributed by atoms with E-state index in [1.165, 1.54) is 12.5 Å². The van der Waals surface area contributed by atoms with Crippen LogP contribution in [0.5, 0.6) is 0 Å². The molecule has 5 aromatic rings. The fourth-order valence-electron chi connectivity index (χ4n) is 5.89. The molecule has 1 saturated carbocycles. The van der Waals surface area contributed by atoms with Crippen LogP contribution in [-0.2, 0) is 13.6 Å². The number of pyridine rings is 1. The molecular formula is C35H33N9O2. The SMILES string of the molecule is Cn1cc(-c2ccc(N(C(=O)NCc3ccccc3)C3(Nc4ncc(C#N)c(-c5cncnc5)n4)CCCCC3)cc2)ccc1=O. The van der Waals surface area contributed by atoms with Crippen molar-refractivity contribution in [3.63, 3.8) is 0 Å². The Morgan fingerprint density at radius 2 is 1.65 bits per heavy atom. The minimum atomic E-state index is -0.865. The molecule has 0 aliphatic heterocycles. The Balaban J connectivity index is 1.40. The molecule has 3 aromatic heterocycles. The summed E-state index contributed by atoms with van der Waals surface area (Å²) >= 11 is 0. The van der Waals surface area contributed by atoms with Gasteiger partial charge in [0.25, 0.3) is 0 Å². The van der Waals surface area contributed by atoms with Crippen LogP contribution in [0.1, 0.15) is 43.2 Å². The Bertz CT molecular complexity index is 1910. The summed E-state index contributed by atoms with van der Waals surface area (Å²) in [5.74, 6) is 0.294. The monoisotopic (exact) mass is 611 g/mol. The highest BCUT2D eigenvalue weighted by Crippen LogP contribution is 2.38. The van der Waals surface area contributed by atoms with Crippen molar-refractivity contribution in [3.05, 3.63) is 119 Å². The van der Waals surface area contributed by atoms with Crippen LogP contribution < -0.4 is 21.1 Å². The van der Waals surface area contributed by atoms with Gasteiger partial charge in [-0.3, -0.25) is 9.69 Å². The molecule has 1 aliphatic rings. The Morgan fingerprint density at radius 3 is 2.35 bits per heavy atom. The third-order valence-electron chi connectivity index (χ3n) is 8.23. The van der Waals surface area contributed by atoms with Crippen molar-refractivity contribution in [3.8, 4) is 28.5 Å². The molecule has 1 aliphatic carbocycles. The molecule has 46 heavy (non-hydrogen) atoms. The van der Waals surface area contributed by atoms with E-state index >= 15 is 0 Å². The van der Waals surface area contributed by atoms with E-state index in [4.69, 9.17) is 4.98 Å². The van der Waals surface area contributed by atoms with Gasteiger partial charge in [0.15, 0.2) is 0 Å². The average molecular weight is 612 g/mol. The summed E-state index contributed by atoms with van der Waals surface area (Å²) in [4.78, 5) is 45.4. The van der Waals surface area contributed by atoms with Gasteiger partial charge in [-0.1, -0.05) is 48.9 Å². The molecule has 0 bridgehead atoms. The largest absolute Gasteiger partial charge is 0.334 e. The maximum atomic E-state index is 14.3. The van der Waals surface area contributed by atoms with Crippen LogP contribution in [-0.4, -0.2) is 36.2 Å².